The van der Waals surface area contributed by atoms with Gasteiger partial charge in [-0.3, -0.25) is 0 Å². The Morgan fingerprint density at radius 1 is 1.15 bits per heavy atom. The molecule has 0 bridgehead atoms. The minimum atomic E-state index is -4.62. The van der Waals surface area contributed by atoms with E-state index in [1.165, 1.54) is 30.3 Å². The van der Waals surface area contributed by atoms with Crippen molar-refractivity contribution >= 4 is 17.5 Å². The molecule has 0 amide bonds. The molecule has 0 spiro atoms. The van der Waals surface area contributed by atoms with Crippen LogP contribution in [-0.4, -0.2) is 21.0 Å². The Kier molecular flexibility index (Phi) is 3.55. The summed E-state index contributed by atoms with van der Waals surface area (Å²) in [5.41, 5.74) is 0.496. The van der Waals surface area contributed by atoms with E-state index in [1.54, 1.807) is 0 Å². The number of aromatic nitrogens is 2. The fourth-order valence-electron chi connectivity index (χ4n) is 1.41. The van der Waals surface area contributed by atoms with E-state index in [-0.39, 0.29) is 11.4 Å². The lowest BCUT2D eigenvalue weighted by Gasteiger charge is -2.08. The van der Waals surface area contributed by atoms with Gasteiger partial charge in [-0.25, -0.2) is 14.8 Å². The zero-order valence-electron chi connectivity index (χ0n) is 9.85. The lowest BCUT2D eigenvalue weighted by molar-refractivity contribution is -0.144. The lowest BCUT2D eigenvalue weighted by atomic mass is 10.2. The summed E-state index contributed by atoms with van der Waals surface area (Å²) >= 11 is 0. The van der Waals surface area contributed by atoms with Crippen molar-refractivity contribution in [2.45, 2.75) is 6.18 Å². The molecule has 1 aromatic carbocycles. The van der Waals surface area contributed by atoms with Gasteiger partial charge in [-0.1, -0.05) is 0 Å². The van der Waals surface area contributed by atoms with Crippen molar-refractivity contribution in [2.75, 3.05) is 5.32 Å². The van der Waals surface area contributed by atoms with Crippen molar-refractivity contribution in [1.82, 2.24) is 9.97 Å². The summed E-state index contributed by atoms with van der Waals surface area (Å²) < 4.78 is 37.3. The normalized spacial score (nSPS) is 11.2. The van der Waals surface area contributed by atoms with Crippen molar-refractivity contribution in [3.63, 3.8) is 0 Å². The van der Waals surface area contributed by atoms with E-state index in [0.717, 1.165) is 6.20 Å². The topological polar surface area (TPSA) is 75.1 Å². The van der Waals surface area contributed by atoms with Gasteiger partial charge in [0.05, 0.1) is 5.56 Å². The van der Waals surface area contributed by atoms with E-state index in [4.69, 9.17) is 5.11 Å². The Hall–Kier alpha value is -2.64. The predicted molar refractivity (Wildman–Crippen MR) is 63.7 cm³/mol. The summed E-state index contributed by atoms with van der Waals surface area (Å²) in [6.45, 7) is 0. The fraction of sp³-hybridized carbons (Fsp3) is 0.0833. The molecule has 104 valence electrons. The van der Waals surface area contributed by atoms with Gasteiger partial charge in [0.15, 0.2) is 0 Å². The van der Waals surface area contributed by atoms with Crippen LogP contribution < -0.4 is 5.32 Å². The number of benzene rings is 1. The molecule has 8 heteroatoms. The molecule has 2 N–H and O–H groups in total. The average Bonchev–Trinajstić information content (AvgIpc) is 2.38. The molecule has 0 saturated heterocycles. The van der Waals surface area contributed by atoms with Crippen LogP contribution in [0.2, 0.25) is 0 Å². The molecule has 0 radical (unpaired) electrons. The number of halogens is 3. The number of carboxylic acids is 1. The summed E-state index contributed by atoms with van der Waals surface area (Å²) in [5, 5.41) is 11.4. The number of anilines is 2. The maximum Gasteiger partial charge on any atom is 0.451 e. The second-order valence-corrected chi connectivity index (χ2v) is 3.77. The molecule has 0 saturated carbocycles. The molecule has 5 nitrogen and oxygen atoms in total. The summed E-state index contributed by atoms with van der Waals surface area (Å²) in [5.74, 6) is -2.36. The molecule has 20 heavy (non-hydrogen) atoms. The molecule has 0 unspecified atom stereocenters. The van der Waals surface area contributed by atoms with Gasteiger partial charge < -0.3 is 10.4 Å². The van der Waals surface area contributed by atoms with E-state index in [0.29, 0.717) is 5.69 Å². The highest BCUT2D eigenvalue weighted by atomic mass is 19.4. The predicted octanol–water partition coefficient (Wildman–Crippen LogP) is 2.94. The zero-order valence-corrected chi connectivity index (χ0v) is 9.85. The largest absolute Gasteiger partial charge is 0.478 e. The minimum Gasteiger partial charge on any atom is -0.478 e. The van der Waals surface area contributed by atoms with Gasteiger partial charge in [-0.2, -0.15) is 13.2 Å². The Labute approximate surface area is 111 Å². The van der Waals surface area contributed by atoms with E-state index < -0.39 is 18.0 Å². The summed E-state index contributed by atoms with van der Waals surface area (Å²) in [4.78, 5) is 17.1. The molecular weight excluding hydrogens is 275 g/mol. The number of carbonyl (C=O) groups is 1. The fourth-order valence-corrected chi connectivity index (χ4v) is 1.41. The molecule has 0 aliphatic heterocycles. The first-order chi connectivity index (χ1) is 9.36. The van der Waals surface area contributed by atoms with Gasteiger partial charge in [0.2, 0.25) is 5.82 Å². The average molecular weight is 283 g/mol. The SMILES string of the molecule is O=C(O)c1ccc(Nc2ccnc(C(F)(F)F)n2)cc1. The molecule has 1 heterocycles. The van der Waals surface area contributed by atoms with Crippen molar-refractivity contribution < 1.29 is 23.1 Å². The number of hydrogen-bond acceptors (Lipinski definition) is 4. The smallest absolute Gasteiger partial charge is 0.451 e. The van der Waals surface area contributed by atoms with Gasteiger partial charge >= 0.3 is 12.1 Å². The van der Waals surface area contributed by atoms with Crippen LogP contribution in [0.1, 0.15) is 16.2 Å². The van der Waals surface area contributed by atoms with Crippen molar-refractivity contribution in [1.29, 1.82) is 0 Å². The number of hydrogen-bond donors (Lipinski definition) is 2. The Morgan fingerprint density at radius 2 is 1.80 bits per heavy atom. The van der Waals surface area contributed by atoms with E-state index >= 15 is 0 Å². The number of carboxylic acid groups (broad SMARTS) is 1. The van der Waals surface area contributed by atoms with Crippen LogP contribution in [0, 0.1) is 0 Å². The first-order valence-corrected chi connectivity index (χ1v) is 5.37. The molecule has 0 aliphatic rings. The minimum absolute atomic E-state index is 0.0320. The zero-order chi connectivity index (χ0) is 14.8. The summed E-state index contributed by atoms with van der Waals surface area (Å²) in [6, 6.07) is 6.80. The van der Waals surface area contributed by atoms with Gasteiger partial charge in [0, 0.05) is 11.9 Å². The lowest BCUT2D eigenvalue weighted by Crippen LogP contribution is -2.11. The van der Waals surface area contributed by atoms with Crippen LogP contribution in [0.25, 0.3) is 0 Å². The number of nitrogens with one attached hydrogen (secondary N) is 1. The Bertz CT molecular complexity index is 627. The van der Waals surface area contributed by atoms with Crippen LogP contribution in [0.5, 0.6) is 0 Å². The molecule has 0 fully saturated rings. The van der Waals surface area contributed by atoms with Crippen molar-refractivity contribution in [2.24, 2.45) is 0 Å². The summed E-state index contributed by atoms with van der Waals surface area (Å²) in [6.07, 6.45) is -3.63. The quantitative estimate of drug-likeness (QED) is 0.905. The highest BCUT2D eigenvalue weighted by molar-refractivity contribution is 5.88. The molecule has 2 rings (SSSR count). The van der Waals surface area contributed by atoms with Gasteiger partial charge in [0.25, 0.3) is 0 Å². The first-order valence-electron chi connectivity index (χ1n) is 5.37. The van der Waals surface area contributed by atoms with Crippen LogP contribution in [-0.2, 0) is 6.18 Å². The molecular formula is C12H8F3N3O2. The Balaban J connectivity index is 2.20. The van der Waals surface area contributed by atoms with Gasteiger partial charge in [-0.15, -0.1) is 0 Å². The first kappa shape index (κ1) is 13.8. The third-order valence-electron chi connectivity index (χ3n) is 2.31. The van der Waals surface area contributed by atoms with Crippen molar-refractivity contribution in [3.05, 3.63) is 47.9 Å². The number of aromatic carboxylic acids is 1. The maximum atomic E-state index is 12.4. The highest BCUT2D eigenvalue weighted by Gasteiger charge is 2.34. The second kappa shape index (κ2) is 5.16. The van der Waals surface area contributed by atoms with Crippen LogP contribution in [0.15, 0.2) is 36.5 Å². The summed E-state index contributed by atoms with van der Waals surface area (Å²) in [7, 11) is 0. The number of nitrogens with zero attached hydrogens (tertiary/aromatic N) is 2. The van der Waals surface area contributed by atoms with Gasteiger partial charge in [-0.05, 0) is 30.3 Å². The molecule has 1 aromatic heterocycles. The van der Waals surface area contributed by atoms with E-state index in [1.807, 2.05) is 0 Å². The highest BCUT2D eigenvalue weighted by Crippen LogP contribution is 2.27. The molecule has 0 aliphatic carbocycles. The standard InChI is InChI=1S/C12H8F3N3O2/c13-12(14,15)11-16-6-5-9(18-11)17-8-3-1-7(2-4-8)10(19)20/h1-6H,(H,19,20)(H,16,17,18). The van der Waals surface area contributed by atoms with Crippen molar-refractivity contribution in [3.8, 4) is 0 Å². The van der Waals surface area contributed by atoms with Crippen LogP contribution >= 0.6 is 0 Å². The molecule has 0 atom stereocenters. The third-order valence-corrected chi connectivity index (χ3v) is 2.31. The Morgan fingerprint density at radius 3 is 2.35 bits per heavy atom. The number of alkyl halides is 3. The monoisotopic (exact) mass is 283 g/mol. The third kappa shape index (κ3) is 3.22. The molecule has 2 aromatic rings. The maximum absolute atomic E-state index is 12.4. The second-order valence-electron chi connectivity index (χ2n) is 3.77. The van der Waals surface area contributed by atoms with Crippen LogP contribution in [0.4, 0.5) is 24.7 Å². The van der Waals surface area contributed by atoms with E-state index in [9.17, 15) is 18.0 Å². The van der Waals surface area contributed by atoms with E-state index in [2.05, 4.69) is 15.3 Å². The number of rotatable bonds is 3. The van der Waals surface area contributed by atoms with Crippen LogP contribution in [0.3, 0.4) is 0 Å². The van der Waals surface area contributed by atoms with Gasteiger partial charge in [0.1, 0.15) is 5.82 Å².